The number of H-pyrrole nitrogens is 1. The van der Waals surface area contributed by atoms with Gasteiger partial charge in [-0.1, -0.05) is 6.07 Å². The van der Waals surface area contributed by atoms with Crippen molar-refractivity contribution in [1.29, 1.82) is 0 Å². The van der Waals surface area contributed by atoms with E-state index in [1.54, 1.807) is 30.5 Å². The second kappa shape index (κ2) is 7.81. The molecule has 3 aromatic heterocycles. The van der Waals surface area contributed by atoms with Crippen molar-refractivity contribution in [2.24, 2.45) is 0 Å². The van der Waals surface area contributed by atoms with E-state index in [1.165, 1.54) is 0 Å². The molecule has 1 amide bonds. The van der Waals surface area contributed by atoms with Gasteiger partial charge in [0.25, 0.3) is 5.91 Å². The molecular formula is C23H22N6O2. The minimum Gasteiger partial charge on any atom is -0.508 e. The summed E-state index contributed by atoms with van der Waals surface area (Å²) in [5, 5.41) is 21.0. The number of hydrogen-bond donors (Lipinski definition) is 3. The molecule has 0 aliphatic carbocycles. The zero-order valence-electron chi connectivity index (χ0n) is 17.0. The van der Waals surface area contributed by atoms with Gasteiger partial charge in [-0.3, -0.25) is 14.9 Å². The van der Waals surface area contributed by atoms with Gasteiger partial charge >= 0.3 is 0 Å². The standard InChI is InChI=1S/C23H22N6O2/c1-14-21-18(11-19(26-22(21)28-27-14)15-4-6-17(30)7-5-15)23(31)29-10-9-25-13-20(29)16-3-2-8-24-12-16/h2-8,11-12,20,25,30H,9-10,13H2,1H3,(H,26,27,28). The average Bonchev–Trinajstić information content (AvgIpc) is 3.20. The molecule has 1 aliphatic heterocycles. The molecule has 1 aliphatic rings. The first-order chi connectivity index (χ1) is 15.1. The fourth-order valence-corrected chi connectivity index (χ4v) is 4.11. The molecule has 31 heavy (non-hydrogen) atoms. The van der Waals surface area contributed by atoms with Gasteiger partial charge < -0.3 is 15.3 Å². The summed E-state index contributed by atoms with van der Waals surface area (Å²) in [4.78, 5) is 24.7. The SMILES string of the molecule is Cc1n[nH]c2nc(-c3ccc(O)cc3)cc(C(=O)N3CCNCC3c3cccnc3)c12. The smallest absolute Gasteiger partial charge is 0.255 e. The fraction of sp³-hybridized carbons (Fsp3) is 0.217. The molecule has 4 heterocycles. The van der Waals surface area contributed by atoms with Crippen LogP contribution in [0, 0.1) is 6.92 Å². The van der Waals surface area contributed by atoms with Crippen molar-refractivity contribution >= 4 is 16.9 Å². The maximum absolute atomic E-state index is 13.9. The van der Waals surface area contributed by atoms with Crippen LogP contribution in [0.3, 0.4) is 0 Å². The Morgan fingerprint density at radius 2 is 2.06 bits per heavy atom. The van der Waals surface area contributed by atoms with Crippen LogP contribution in [-0.2, 0) is 0 Å². The van der Waals surface area contributed by atoms with Gasteiger partial charge in [0, 0.05) is 37.6 Å². The summed E-state index contributed by atoms with van der Waals surface area (Å²) in [6.07, 6.45) is 3.54. The number of aromatic nitrogens is 4. The van der Waals surface area contributed by atoms with Crippen LogP contribution in [0.15, 0.2) is 54.9 Å². The van der Waals surface area contributed by atoms with Crippen LogP contribution in [0.1, 0.15) is 27.7 Å². The number of rotatable bonds is 3. The molecule has 8 heteroatoms. The molecule has 3 N–H and O–H groups in total. The van der Waals surface area contributed by atoms with Crippen LogP contribution in [0.4, 0.5) is 0 Å². The Balaban J connectivity index is 1.61. The maximum atomic E-state index is 13.9. The van der Waals surface area contributed by atoms with Crippen LogP contribution in [-0.4, -0.2) is 55.7 Å². The number of phenols is 1. The number of nitrogens with zero attached hydrogens (tertiary/aromatic N) is 4. The first-order valence-electron chi connectivity index (χ1n) is 10.2. The number of carbonyl (C=O) groups is 1. The zero-order chi connectivity index (χ0) is 21.4. The Kier molecular flexibility index (Phi) is 4.83. The van der Waals surface area contributed by atoms with Gasteiger partial charge in [0.2, 0.25) is 0 Å². The molecular weight excluding hydrogens is 392 g/mol. The molecule has 1 fully saturated rings. The van der Waals surface area contributed by atoms with E-state index >= 15 is 0 Å². The van der Waals surface area contributed by atoms with Gasteiger partial charge in [-0.2, -0.15) is 5.10 Å². The zero-order valence-corrected chi connectivity index (χ0v) is 17.0. The summed E-state index contributed by atoms with van der Waals surface area (Å²) in [6, 6.07) is 12.4. The predicted molar refractivity (Wildman–Crippen MR) is 117 cm³/mol. The number of carbonyl (C=O) groups excluding carboxylic acids is 1. The van der Waals surface area contributed by atoms with Crippen molar-refractivity contribution in [3.63, 3.8) is 0 Å². The molecule has 4 aromatic rings. The summed E-state index contributed by atoms with van der Waals surface area (Å²) >= 11 is 0. The van der Waals surface area contributed by atoms with E-state index in [9.17, 15) is 9.90 Å². The van der Waals surface area contributed by atoms with Crippen molar-refractivity contribution in [1.82, 2.24) is 30.4 Å². The lowest BCUT2D eigenvalue weighted by Gasteiger charge is -2.36. The lowest BCUT2D eigenvalue weighted by molar-refractivity contribution is 0.0636. The second-order valence-corrected chi connectivity index (χ2v) is 7.64. The number of nitrogens with one attached hydrogen (secondary N) is 2. The van der Waals surface area contributed by atoms with Crippen LogP contribution < -0.4 is 5.32 Å². The fourth-order valence-electron chi connectivity index (χ4n) is 4.11. The van der Waals surface area contributed by atoms with Crippen LogP contribution >= 0.6 is 0 Å². The lowest BCUT2D eigenvalue weighted by atomic mass is 10.0. The third-order valence-electron chi connectivity index (χ3n) is 5.68. The van der Waals surface area contributed by atoms with E-state index in [0.29, 0.717) is 30.0 Å². The number of pyridine rings is 2. The monoisotopic (exact) mass is 414 g/mol. The molecule has 8 nitrogen and oxygen atoms in total. The number of phenolic OH excluding ortho intramolecular Hbond substituents is 1. The summed E-state index contributed by atoms with van der Waals surface area (Å²) in [5.41, 5.74) is 4.32. The van der Waals surface area contributed by atoms with Crippen molar-refractivity contribution in [3.05, 3.63) is 71.7 Å². The Labute approximate surface area is 179 Å². The number of fused-ring (bicyclic) bond motifs is 1. The minimum atomic E-state index is -0.109. The van der Waals surface area contributed by atoms with Crippen LogP contribution in [0.5, 0.6) is 5.75 Å². The first kappa shape index (κ1) is 19.2. The highest BCUT2D eigenvalue weighted by Crippen LogP contribution is 2.30. The Morgan fingerprint density at radius 1 is 1.23 bits per heavy atom. The number of aromatic hydroxyl groups is 1. The van der Waals surface area contributed by atoms with Gasteiger partial charge in [-0.05, 0) is 48.9 Å². The summed E-state index contributed by atoms with van der Waals surface area (Å²) in [6.45, 7) is 3.86. The number of piperazine rings is 1. The van der Waals surface area contributed by atoms with Crippen molar-refractivity contribution in [3.8, 4) is 17.0 Å². The maximum Gasteiger partial charge on any atom is 0.255 e. The normalized spacial score (nSPS) is 16.5. The highest BCUT2D eigenvalue weighted by molar-refractivity contribution is 6.07. The van der Waals surface area contributed by atoms with Gasteiger partial charge in [0.05, 0.1) is 28.4 Å². The Hall–Kier alpha value is -3.78. The Bertz CT molecular complexity index is 1240. The predicted octanol–water partition coefficient (Wildman–Crippen LogP) is 2.82. The van der Waals surface area contributed by atoms with Crippen molar-refractivity contribution in [2.75, 3.05) is 19.6 Å². The van der Waals surface area contributed by atoms with Crippen LogP contribution in [0.2, 0.25) is 0 Å². The number of benzene rings is 1. The van der Waals surface area contributed by atoms with Gasteiger partial charge in [0.1, 0.15) is 5.75 Å². The largest absolute Gasteiger partial charge is 0.508 e. The molecule has 1 aromatic carbocycles. The number of aryl methyl sites for hydroxylation is 1. The minimum absolute atomic E-state index is 0.0627. The average molecular weight is 414 g/mol. The summed E-state index contributed by atoms with van der Waals surface area (Å²) in [7, 11) is 0. The molecule has 1 saturated heterocycles. The molecule has 1 atom stereocenters. The highest BCUT2D eigenvalue weighted by atomic mass is 16.3. The molecule has 0 saturated carbocycles. The molecule has 0 radical (unpaired) electrons. The lowest BCUT2D eigenvalue weighted by Crippen LogP contribution is -2.48. The van der Waals surface area contributed by atoms with E-state index in [-0.39, 0.29) is 17.7 Å². The summed E-state index contributed by atoms with van der Waals surface area (Å²) < 4.78 is 0. The van der Waals surface area contributed by atoms with Gasteiger partial charge in [-0.15, -0.1) is 0 Å². The van der Waals surface area contributed by atoms with E-state index in [4.69, 9.17) is 0 Å². The molecule has 156 valence electrons. The molecule has 5 rings (SSSR count). The van der Waals surface area contributed by atoms with E-state index in [2.05, 4.69) is 25.5 Å². The number of amides is 1. The summed E-state index contributed by atoms with van der Waals surface area (Å²) in [5.74, 6) is 0.117. The second-order valence-electron chi connectivity index (χ2n) is 7.64. The molecule has 0 spiro atoms. The third-order valence-corrected chi connectivity index (χ3v) is 5.68. The molecule has 0 bridgehead atoms. The third kappa shape index (κ3) is 3.51. The topological polar surface area (TPSA) is 107 Å². The molecule has 1 unspecified atom stereocenters. The first-order valence-corrected chi connectivity index (χ1v) is 10.2. The van der Waals surface area contributed by atoms with Crippen LogP contribution in [0.25, 0.3) is 22.3 Å². The highest BCUT2D eigenvalue weighted by Gasteiger charge is 2.31. The van der Waals surface area contributed by atoms with Crippen molar-refractivity contribution < 1.29 is 9.90 Å². The van der Waals surface area contributed by atoms with E-state index < -0.39 is 0 Å². The van der Waals surface area contributed by atoms with E-state index in [1.807, 2.05) is 36.2 Å². The number of hydrogen-bond acceptors (Lipinski definition) is 6. The number of aromatic amines is 1. The van der Waals surface area contributed by atoms with E-state index in [0.717, 1.165) is 28.8 Å². The van der Waals surface area contributed by atoms with Crippen molar-refractivity contribution in [2.45, 2.75) is 13.0 Å². The Morgan fingerprint density at radius 3 is 2.84 bits per heavy atom. The van der Waals surface area contributed by atoms with Gasteiger partial charge in [-0.25, -0.2) is 4.98 Å². The van der Waals surface area contributed by atoms with Gasteiger partial charge in [0.15, 0.2) is 5.65 Å². The quantitative estimate of drug-likeness (QED) is 0.476.